The highest BCUT2D eigenvalue weighted by molar-refractivity contribution is 5.43. The molecule has 0 aliphatic rings. The van der Waals surface area contributed by atoms with E-state index in [2.05, 4.69) is 13.0 Å². The number of hydrogen-bond acceptors (Lipinski definition) is 3. The summed E-state index contributed by atoms with van der Waals surface area (Å²) in [6.45, 7) is 5.58. The Kier molecular flexibility index (Phi) is 10.8. The van der Waals surface area contributed by atoms with Crippen LogP contribution in [-0.2, 0) is 6.42 Å². The van der Waals surface area contributed by atoms with E-state index in [9.17, 15) is 0 Å². The molecule has 0 radical (unpaired) electrons. The van der Waals surface area contributed by atoms with Crippen molar-refractivity contribution in [2.45, 2.75) is 71.6 Å². The lowest BCUT2D eigenvalue weighted by atomic mass is 10.1. The SMILES string of the molecule is CCCCCCCCCOc1ccc(CCC#N)cc1OCC. The monoisotopic (exact) mass is 317 g/mol. The lowest BCUT2D eigenvalue weighted by Crippen LogP contribution is -2.02. The van der Waals surface area contributed by atoms with Gasteiger partial charge >= 0.3 is 0 Å². The number of ether oxygens (including phenoxy) is 2. The molecule has 0 saturated heterocycles. The van der Waals surface area contributed by atoms with E-state index in [0.29, 0.717) is 13.0 Å². The zero-order chi connectivity index (χ0) is 16.8. The Morgan fingerprint density at radius 3 is 2.35 bits per heavy atom. The second-order valence-electron chi connectivity index (χ2n) is 5.84. The van der Waals surface area contributed by atoms with Crippen molar-refractivity contribution in [2.24, 2.45) is 0 Å². The Morgan fingerprint density at radius 1 is 0.913 bits per heavy atom. The molecule has 1 rings (SSSR count). The normalized spacial score (nSPS) is 10.3. The van der Waals surface area contributed by atoms with Crippen LogP contribution in [0.1, 0.15) is 70.8 Å². The molecule has 0 bridgehead atoms. The molecule has 0 aromatic heterocycles. The van der Waals surface area contributed by atoms with Crippen molar-refractivity contribution in [3.05, 3.63) is 23.8 Å². The Bertz CT molecular complexity index is 465. The van der Waals surface area contributed by atoms with E-state index in [4.69, 9.17) is 14.7 Å². The summed E-state index contributed by atoms with van der Waals surface area (Å²) in [5.41, 5.74) is 1.12. The molecular formula is C20H31NO2. The van der Waals surface area contributed by atoms with Gasteiger partial charge in [0.05, 0.1) is 19.3 Å². The number of benzene rings is 1. The molecule has 0 aliphatic heterocycles. The topological polar surface area (TPSA) is 42.2 Å². The first kappa shape index (κ1) is 19.4. The number of hydrogen-bond donors (Lipinski definition) is 0. The molecule has 0 heterocycles. The first-order chi connectivity index (χ1) is 11.3. The summed E-state index contributed by atoms with van der Waals surface area (Å²) >= 11 is 0. The van der Waals surface area contributed by atoms with E-state index in [1.165, 1.54) is 38.5 Å². The van der Waals surface area contributed by atoms with Gasteiger partial charge in [-0.05, 0) is 37.5 Å². The predicted molar refractivity (Wildman–Crippen MR) is 95.0 cm³/mol. The molecule has 0 spiro atoms. The number of nitrogens with zero attached hydrogens (tertiary/aromatic N) is 1. The maximum Gasteiger partial charge on any atom is 0.161 e. The summed E-state index contributed by atoms with van der Waals surface area (Å²) in [5, 5.41) is 8.68. The van der Waals surface area contributed by atoms with Crippen molar-refractivity contribution < 1.29 is 9.47 Å². The van der Waals surface area contributed by atoms with Gasteiger partial charge in [-0.2, -0.15) is 5.26 Å². The zero-order valence-corrected chi connectivity index (χ0v) is 14.8. The molecule has 3 heteroatoms. The molecule has 0 aliphatic carbocycles. The van der Waals surface area contributed by atoms with Gasteiger partial charge in [-0.15, -0.1) is 0 Å². The van der Waals surface area contributed by atoms with E-state index in [1.807, 2.05) is 25.1 Å². The van der Waals surface area contributed by atoms with E-state index in [1.54, 1.807) is 0 Å². The fourth-order valence-corrected chi connectivity index (χ4v) is 2.54. The summed E-state index contributed by atoms with van der Waals surface area (Å²) in [4.78, 5) is 0. The average Bonchev–Trinajstić information content (AvgIpc) is 2.57. The van der Waals surface area contributed by atoms with Crippen LogP contribution in [0.25, 0.3) is 0 Å². The van der Waals surface area contributed by atoms with Crippen LogP contribution >= 0.6 is 0 Å². The summed E-state index contributed by atoms with van der Waals surface area (Å²) in [7, 11) is 0. The molecule has 128 valence electrons. The molecule has 0 fully saturated rings. The maximum absolute atomic E-state index is 8.68. The Hall–Kier alpha value is -1.69. The van der Waals surface area contributed by atoms with Crippen molar-refractivity contribution in [3.63, 3.8) is 0 Å². The second kappa shape index (κ2) is 12.8. The lowest BCUT2D eigenvalue weighted by molar-refractivity contribution is 0.270. The minimum Gasteiger partial charge on any atom is -0.490 e. The van der Waals surface area contributed by atoms with Crippen LogP contribution in [0.3, 0.4) is 0 Å². The first-order valence-electron chi connectivity index (χ1n) is 9.07. The smallest absolute Gasteiger partial charge is 0.161 e. The van der Waals surface area contributed by atoms with Gasteiger partial charge in [-0.1, -0.05) is 51.5 Å². The van der Waals surface area contributed by atoms with E-state index in [0.717, 1.165) is 36.5 Å². The molecule has 0 N–H and O–H groups in total. The third-order valence-corrected chi connectivity index (χ3v) is 3.84. The quantitative estimate of drug-likeness (QED) is 0.440. The summed E-state index contributed by atoms with van der Waals surface area (Å²) in [5.74, 6) is 1.62. The largest absolute Gasteiger partial charge is 0.490 e. The van der Waals surface area contributed by atoms with Gasteiger partial charge in [0.15, 0.2) is 11.5 Å². The van der Waals surface area contributed by atoms with Gasteiger partial charge in [-0.25, -0.2) is 0 Å². The molecule has 1 aromatic rings. The van der Waals surface area contributed by atoms with Gasteiger partial charge in [0, 0.05) is 6.42 Å². The van der Waals surface area contributed by atoms with Gasteiger partial charge in [-0.3, -0.25) is 0 Å². The summed E-state index contributed by atoms with van der Waals surface area (Å²) in [6.07, 6.45) is 10.3. The number of nitriles is 1. The zero-order valence-electron chi connectivity index (χ0n) is 14.8. The van der Waals surface area contributed by atoms with E-state index >= 15 is 0 Å². The van der Waals surface area contributed by atoms with Crippen molar-refractivity contribution in [3.8, 4) is 17.6 Å². The molecular weight excluding hydrogens is 286 g/mol. The van der Waals surface area contributed by atoms with Crippen LogP contribution in [0.4, 0.5) is 0 Å². The van der Waals surface area contributed by atoms with Crippen LogP contribution in [0.15, 0.2) is 18.2 Å². The van der Waals surface area contributed by atoms with E-state index < -0.39 is 0 Å². The van der Waals surface area contributed by atoms with Gasteiger partial charge < -0.3 is 9.47 Å². The van der Waals surface area contributed by atoms with Crippen molar-refractivity contribution in [1.29, 1.82) is 5.26 Å². The number of unbranched alkanes of at least 4 members (excludes halogenated alkanes) is 6. The minimum atomic E-state index is 0.532. The molecule has 0 atom stereocenters. The number of aryl methyl sites for hydroxylation is 1. The van der Waals surface area contributed by atoms with Crippen molar-refractivity contribution in [2.75, 3.05) is 13.2 Å². The molecule has 0 saturated carbocycles. The standard InChI is InChI=1S/C20H31NO2/c1-3-5-6-7-8-9-10-16-23-19-14-13-18(12-11-15-21)17-20(19)22-4-2/h13-14,17H,3-12,16H2,1-2H3. The van der Waals surface area contributed by atoms with Crippen LogP contribution < -0.4 is 9.47 Å². The molecule has 0 unspecified atom stereocenters. The lowest BCUT2D eigenvalue weighted by Gasteiger charge is -2.13. The third kappa shape index (κ3) is 8.50. The Balaban J connectivity index is 2.35. The van der Waals surface area contributed by atoms with Gasteiger partial charge in [0.1, 0.15) is 0 Å². The first-order valence-corrected chi connectivity index (χ1v) is 9.07. The number of rotatable bonds is 13. The van der Waals surface area contributed by atoms with E-state index in [-0.39, 0.29) is 0 Å². The highest BCUT2D eigenvalue weighted by atomic mass is 16.5. The van der Waals surface area contributed by atoms with Crippen molar-refractivity contribution in [1.82, 2.24) is 0 Å². The van der Waals surface area contributed by atoms with Crippen LogP contribution in [0, 0.1) is 11.3 Å². The Labute approximate surface area is 141 Å². The highest BCUT2D eigenvalue weighted by Gasteiger charge is 2.06. The predicted octanol–water partition coefficient (Wildman–Crippen LogP) is 5.67. The summed E-state index contributed by atoms with van der Waals surface area (Å²) in [6, 6.07) is 8.18. The molecule has 3 nitrogen and oxygen atoms in total. The van der Waals surface area contributed by atoms with Crippen LogP contribution in [-0.4, -0.2) is 13.2 Å². The third-order valence-electron chi connectivity index (χ3n) is 3.84. The second-order valence-corrected chi connectivity index (χ2v) is 5.84. The molecule has 1 aromatic carbocycles. The average molecular weight is 317 g/mol. The van der Waals surface area contributed by atoms with Crippen LogP contribution in [0.2, 0.25) is 0 Å². The highest BCUT2D eigenvalue weighted by Crippen LogP contribution is 2.29. The Morgan fingerprint density at radius 2 is 1.65 bits per heavy atom. The molecule has 0 amide bonds. The van der Waals surface area contributed by atoms with Gasteiger partial charge in [0.25, 0.3) is 0 Å². The van der Waals surface area contributed by atoms with Gasteiger partial charge in [0.2, 0.25) is 0 Å². The van der Waals surface area contributed by atoms with Crippen molar-refractivity contribution >= 4 is 0 Å². The fraction of sp³-hybridized carbons (Fsp3) is 0.650. The minimum absolute atomic E-state index is 0.532. The summed E-state index contributed by atoms with van der Waals surface area (Å²) < 4.78 is 11.6. The molecule has 23 heavy (non-hydrogen) atoms. The van der Waals surface area contributed by atoms with Crippen LogP contribution in [0.5, 0.6) is 11.5 Å². The fourth-order valence-electron chi connectivity index (χ4n) is 2.54. The maximum atomic E-state index is 8.68.